The fraction of sp³-hybridized carbons (Fsp3) is 0.500. The quantitative estimate of drug-likeness (QED) is 0.667. The second kappa shape index (κ2) is 11.4. The van der Waals surface area contributed by atoms with Crippen LogP contribution in [0.25, 0.3) is 0 Å². The maximum Gasteiger partial charge on any atom is 0.258 e. The van der Waals surface area contributed by atoms with E-state index in [2.05, 4.69) is 24.1 Å². The lowest BCUT2D eigenvalue weighted by atomic mass is 10.0. The number of carbonyl (C=O) groups is 2. The summed E-state index contributed by atoms with van der Waals surface area (Å²) >= 11 is 0. The highest BCUT2D eigenvalue weighted by Crippen LogP contribution is 2.32. The van der Waals surface area contributed by atoms with Crippen molar-refractivity contribution in [2.45, 2.75) is 38.8 Å². The lowest BCUT2D eigenvalue weighted by Gasteiger charge is -2.36. The number of anilines is 1. The molecule has 7 nitrogen and oxygen atoms in total. The Labute approximate surface area is 212 Å². The van der Waals surface area contributed by atoms with Crippen LogP contribution in [0.5, 0.6) is 5.75 Å². The van der Waals surface area contributed by atoms with Crippen LogP contribution in [0.15, 0.2) is 42.5 Å². The standard InChI is InChI=1S/C28H36FN3O4/c1-18-14-32(15-20-9-10-20)19(2)17-36-25-13-21(30-27(33)22-7-5-6-8-24(22)29)11-12-23(25)28(34)31(3)16-26(18)35-4/h5-8,11-13,18-20,26H,9-10,14-17H2,1-4H3,(H,30,33)/t18-,19+,26-/m1/s1. The van der Waals surface area contributed by atoms with Crippen molar-refractivity contribution in [1.82, 2.24) is 9.80 Å². The molecule has 0 radical (unpaired) electrons. The van der Waals surface area contributed by atoms with Gasteiger partial charge >= 0.3 is 0 Å². The summed E-state index contributed by atoms with van der Waals surface area (Å²) in [5.41, 5.74) is 0.784. The lowest BCUT2D eigenvalue weighted by Crippen LogP contribution is -2.47. The fourth-order valence-corrected chi connectivity index (χ4v) is 4.65. The molecule has 1 aliphatic carbocycles. The van der Waals surface area contributed by atoms with Gasteiger partial charge in [0.1, 0.15) is 18.2 Å². The number of benzene rings is 2. The molecule has 2 aromatic carbocycles. The van der Waals surface area contributed by atoms with Gasteiger partial charge in [0, 0.05) is 51.6 Å². The Kier molecular flexibility index (Phi) is 8.26. The maximum atomic E-state index is 14.1. The number of fused-ring (bicyclic) bond motifs is 1. The molecule has 0 bridgehead atoms. The van der Waals surface area contributed by atoms with Crippen molar-refractivity contribution < 1.29 is 23.5 Å². The number of rotatable bonds is 5. The predicted molar refractivity (Wildman–Crippen MR) is 137 cm³/mol. The number of hydrogen-bond donors (Lipinski definition) is 1. The zero-order valence-corrected chi connectivity index (χ0v) is 21.5. The van der Waals surface area contributed by atoms with Crippen LogP contribution in [0, 0.1) is 17.7 Å². The average Bonchev–Trinajstić information content (AvgIpc) is 3.68. The third-order valence-electron chi connectivity index (χ3n) is 7.14. The van der Waals surface area contributed by atoms with Crippen molar-refractivity contribution in [2.75, 3.05) is 45.7 Å². The third kappa shape index (κ3) is 6.23. The van der Waals surface area contributed by atoms with Gasteiger partial charge in [-0.3, -0.25) is 14.5 Å². The summed E-state index contributed by atoms with van der Waals surface area (Å²) in [6.45, 7) is 7.03. The summed E-state index contributed by atoms with van der Waals surface area (Å²) in [6.07, 6.45) is 2.42. The van der Waals surface area contributed by atoms with E-state index >= 15 is 0 Å². The summed E-state index contributed by atoms with van der Waals surface area (Å²) < 4.78 is 26.1. The van der Waals surface area contributed by atoms with Crippen molar-refractivity contribution in [2.24, 2.45) is 11.8 Å². The number of hydrogen-bond acceptors (Lipinski definition) is 5. The minimum absolute atomic E-state index is 0.0499. The summed E-state index contributed by atoms with van der Waals surface area (Å²) in [5, 5.41) is 2.72. The summed E-state index contributed by atoms with van der Waals surface area (Å²) in [6, 6.07) is 10.9. The van der Waals surface area contributed by atoms with E-state index in [1.807, 2.05) is 0 Å². The van der Waals surface area contributed by atoms with Crippen LogP contribution in [0.3, 0.4) is 0 Å². The van der Waals surface area contributed by atoms with Gasteiger partial charge < -0.3 is 19.7 Å². The van der Waals surface area contributed by atoms with E-state index in [1.54, 1.807) is 43.3 Å². The number of likely N-dealkylation sites (N-methyl/N-ethyl adjacent to an activating group) is 1. The van der Waals surface area contributed by atoms with Gasteiger partial charge in [-0.15, -0.1) is 0 Å². The van der Waals surface area contributed by atoms with E-state index in [0.717, 1.165) is 19.0 Å². The van der Waals surface area contributed by atoms with Gasteiger partial charge in [0.2, 0.25) is 0 Å². The van der Waals surface area contributed by atoms with Crippen molar-refractivity contribution in [1.29, 1.82) is 0 Å². The monoisotopic (exact) mass is 497 g/mol. The molecule has 3 atom stereocenters. The van der Waals surface area contributed by atoms with Crippen LogP contribution >= 0.6 is 0 Å². The van der Waals surface area contributed by atoms with Gasteiger partial charge in [0.05, 0.1) is 17.2 Å². The molecule has 1 N–H and O–H groups in total. The highest BCUT2D eigenvalue weighted by molar-refractivity contribution is 6.05. The number of ether oxygens (including phenoxy) is 2. The Morgan fingerprint density at radius 1 is 1.17 bits per heavy atom. The zero-order chi connectivity index (χ0) is 25.8. The van der Waals surface area contributed by atoms with Gasteiger partial charge in [0.25, 0.3) is 11.8 Å². The van der Waals surface area contributed by atoms with Crippen molar-refractivity contribution in [3.05, 3.63) is 59.4 Å². The largest absolute Gasteiger partial charge is 0.491 e. The first-order valence-corrected chi connectivity index (χ1v) is 12.6. The highest BCUT2D eigenvalue weighted by atomic mass is 19.1. The summed E-state index contributed by atoms with van der Waals surface area (Å²) in [7, 11) is 3.46. The number of nitrogens with zero attached hydrogens (tertiary/aromatic N) is 2. The molecule has 1 heterocycles. The van der Waals surface area contributed by atoms with Crippen LogP contribution in [-0.4, -0.2) is 74.2 Å². The molecule has 2 amide bonds. The first kappa shape index (κ1) is 26.1. The molecule has 2 aliphatic rings. The number of carbonyl (C=O) groups excluding carboxylic acids is 2. The van der Waals surface area contributed by atoms with E-state index in [0.29, 0.717) is 30.2 Å². The molecule has 1 fully saturated rings. The molecular weight excluding hydrogens is 461 g/mol. The fourth-order valence-electron chi connectivity index (χ4n) is 4.65. The van der Waals surface area contributed by atoms with E-state index in [1.165, 1.54) is 31.0 Å². The van der Waals surface area contributed by atoms with Crippen LogP contribution < -0.4 is 10.1 Å². The van der Waals surface area contributed by atoms with Gasteiger partial charge in [-0.05, 0) is 55.9 Å². The molecule has 0 unspecified atom stereocenters. The summed E-state index contributed by atoms with van der Waals surface area (Å²) in [4.78, 5) is 30.1. The number of nitrogens with one attached hydrogen (secondary N) is 1. The molecule has 0 spiro atoms. The third-order valence-corrected chi connectivity index (χ3v) is 7.14. The second-order valence-corrected chi connectivity index (χ2v) is 10.1. The predicted octanol–water partition coefficient (Wildman–Crippen LogP) is 4.29. The Morgan fingerprint density at radius 3 is 2.61 bits per heavy atom. The zero-order valence-electron chi connectivity index (χ0n) is 21.5. The first-order valence-electron chi connectivity index (χ1n) is 12.6. The molecule has 4 rings (SSSR count). The minimum Gasteiger partial charge on any atom is -0.491 e. The van der Waals surface area contributed by atoms with Gasteiger partial charge in [0.15, 0.2) is 0 Å². The van der Waals surface area contributed by atoms with E-state index in [9.17, 15) is 14.0 Å². The number of halogens is 1. The van der Waals surface area contributed by atoms with Gasteiger partial charge in [-0.2, -0.15) is 0 Å². The van der Waals surface area contributed by atoms with Gasteiger partial charge in [-0.1, -0.05) is 19.1 Å². The Balaban J connectivity index is 1.61. The highest BCUT2D eigenvalue weighted by Gasteiger charge is 2.31. The molecule has 0 saturated heterocycles. The van der Waals surface area contributed by atoms with Crippen LogP contribution in [0.4, 0.5) is 10.1 Å². The minimum atomic E-state index is -0.596. The Hall–Kier alpha value is -2.97. The molecular formula is C28H36FN3O4. The van der Waals surface area contributed by atoms with E-state index in [4.69, 9.17) is 9.47 Å². The topological polar surface area (TPSA) is 71.1 Å². The van der Waals surface area contributed by atoms with Crippen molar-refractivity contribution >= 4 is 17.5 Å². The molecule has 1 saturated carbocycles. The SMILES string of the molecule is CO[C@@H]1CN(C)C(=O)c2ccc(NC(=O)c3ccccc3F)cc2OC[C@H](C)N(CC2CC2)C[C@H]1C. The van der Waals surface area contributed by atoms with Crippen molar-refractivity contribution in [3.63, 3.8) is 0 Å². The summed E-state index contributed by atoms with van der Waals surface area (Å²) in [5.74, 6) is 0.00583. The number of methoxy groups -OCH3 is 1. The van der Waals surface area contributed by atoms with E-state index < -0.39 is 11.7 Å². The maximum absolute atomic E-state index is 14.1. The smallest absolute Gasteiger partial charge is 0.258 e. The molecule has 2 aromatic rings. The second-order valence-electron chi connectivity index (χ2n) is 10.1. The normalized spacial score (nSPS) is 23.8. The molecule has 0 aromatic heterocycles. The molecule has 1 aliphatic heterocycles. The molecule has 8 heteroatoms. The van der Waals surface area contributed by atoms with Crippen LogP contribution in [-0.2, 0) is 4.74 Å². The Morgan fingerprint density at radius 2 is 1.92 bits per heavy atom. The lowest BCUT2D eigenvalue weighted by molar-refractivity contribution is 0.00994. The van der Waals surface area contributed by atoms with Gasteiger partial charge in [-0.25, -0.2) is 4.39 Å². The van der Waals surface area contributed by atoms with E-state index in [-0.39, 0.29) is 29.5 Å². The van der Waals surface area contributed by atoms with Crippen LogP contribution in [0.1, 0.15) is 47.4 Å². The first-order chi connectivity index (χ1) is 17.3. The average molecular weight is 498 g/mol. The van der Waals surface area contributed by atoms with Crippen molar-refractivity contribution in [3.8, 4) is 5.75 Å². The molecule has 36 heavy (non-hydrogen) atoms. The Bertz CT molecular complexity index is 1090. The number of amides is 2. The van der Waals surface area contributed by atoms with Crippen LogP contribution in [0.2, 0.25) is 0 Å². The molecule has 194 valence electrons.